The molecule has 1 fully saturated rings. The van der Waals surface area contributed by atoms with Crippen molar-refractivity contribution < 1.29 is 5.11 Å². The summed E-state index contributed by atoms with van der Waals surface area (Å²) in [4.78, 5) is 1.94. The molecule has 1 aliphatic heterocycles. The lowest BCUT2D eigenvalue weighted by Gasteiger charge is -2.34. The van der Waals surface area contributed by atoms with E-state index in [1.54, 1.807) is 11.8 Å². The molecule has 0 amide bonds. The third kappa shape index (κ3) is 2.34. The van der Waals surface area contributed by atoms with Gasteiger partial charge in [0.2, 0.25) is 0 Å². The summed E-state index contributed by atoms with van der Waals surface area (Å²) in [7, 11) is 0. The molecule has 1 saturated heterocycles. The van der Waals surface area contributed by atoms with Crippen LogP contribution in [0.1, 0.15) is 24.5 Å². The standard InChI is InChI=1S/C13H17NOS2/c1-3-8-14-12(16)17-9-13(14,15)11-6-4-10(2)5-7-11/h4-7,15H,3,8-9H2,1-2H3. The third-order valence-electron chi connectivity index (χ3n) is 3.02. The number of aryl methyl sites for hydroxylation is 1. The summed E-state index contributed by atoms with van der Waals surface area (Å²) < 4.78 is 0.801. The zero-order chi connectivity index (χ0) is 12.5. The largest absolute Gasteiger partial charge is 0.366 e. The van der Waals surface area contributed by atoms with E-state index >= 15 is 0 Å². The first-order valence-electron chi connectivity index (χ1n) is 5.82. The van der Waals surface area contributed by atoms with E-state index in [4.69, 9.17) is 12.2 Å². The topological polar surface area (TPSA) is 23.5 Å². The van der Waals surface area contributed by atoms with Crippen molar-refractivity contribution in [2.24, 2.45) is 0 Å². The fourth-order valence-electron chi connectivity index (χ4n) is 2.03. The second kappa shape index (κ2) is 4.96. The van der Waals surface area contributed by atoms with Crippen LogP contribution >= 0.6 is 24.0 Å². The first kappa shape index (κ1) is 12.9. The molecule has 2 rings (SSSR count). The summed E-state index contributed by atoms with van der Waals surface area (Å²) >= 11 is 6.87. The van der Waals surface area contributed by atoms with Crippen molar-refractivity contribution in [2.75, 3.05) is 12.3 Å². The van der Waals surface area contributed by atoms with Crippen LogP contribution in [0.2, 0.25) is 0 Å². The Morgan fingerprint density at radius 2 is 2.06 bits per heavy atom. The molecule has 92 valence electrons. The maximum Gasteiger partial charge on any atom is 0.175 e. The highest BCUT2D eigenvalue weighted by Crippen LogP contribution is 2.39. The smallest absolute Gasteiger partial charge is 0.175 e. The Balaban J connectivity index is 2.34. The summed E-state index contributed by atoms with van der Waals surface area (Å²) in [5, 5.41) is 10.8. The predicted molar refractivity (Wildman–Crippen MR) is 77.1 cm³/mol. The van der Waals surface area contributed by atoms with E-state index in [2.05, 4.69) is 6.92 Å². The zero-order valence-corrected chi connectivity index (χ0v) is 11.8. The molecule has 1 unspecified atom stereocenters. The SMILES string of the molecule is CCCN1C(=S)SCC1(O)c1ccc(C)cc1. The van der Waals surface area contributed by atoms with Crippen LogP contribution in [0.3, 0.4) is 0 Å². The van der Waals surface area contributed by atoms with Gasteiger partial charge in [0, 0.05) is 12.1 Å². The number of thiocarbonyl (C=S) groups is 1. The second-order valence-electron chi connectivity index (χ2n) is 4.39. The van der Waals surface area contributed by atoms with Crippen molar-refractivity contribution in [1.82, 2.24) is 4.90 Å². The van der Waals surface area contributed by atoms with Crippen LogP contribution in [-0.4, -0.2) is 26.6 Å². The molecule has 0 saturated carbocycles. The predicted octanol–water partition coefficient (Wildman–Crippen LogP) is 2.88. The Kier molecular flexibility index (Phi) is 3.76. The fourth-order valence-corrected chi connectivity index (χ4v) is 3.49. The van der Waals surface area contributed by atoms with Gasteiger partial charge in [0.05, 0.1) is 5.75 Å². The Hall–Kier alpha value is -0.580. The number of aliphatic hydroxyl groups is 1. The number of hydrogen-bond acceptors (Lipinski definition) is 3. The van der Waals surface area contributed by atoms with E-state index in [0.29, 0.717) is 5.75 Å². The summed E-state index contributed by atoms with van der Waals surface area (Å²) in [6.07, 6.45) is 0.981. The van der Waals surface area contributed by atoms with Crippen molar-refractivity contribution >= 4 is 28.3 Å². The molecule has 2 nitrogen and oxygen atoms in total. The molecule has 1 aromatic carbocycles. The van der Waals surface area contributed by atoms with Crippen LogP contribution in [-0.2, 0) is 5.72 Å². The average molecular weight is 267 g/mol. The molecule has 4 heteroatoms. The molecule has 1 heterocycles. The zero-order valence-electron chi connectivity index (χ0n) is 10.1. The van der Waals surface area contributed by atoms with E-state index in [-0.39, 0.29) is 0 Å². The lowest BCUT2D eigenvalue weighted by Crippen LogP contribution is -2.44. The highest BCUT2D eigenvalue weighted by atomic mass is 32.2. The Morgan fingerprint density at radius 1 is 1.41 bits per heavy atom. The third-order valence-corrected chi connectivity index (χ3v) is 4.61. The number of benzene rings is 1. The van der Waals surface area contributed by atoms with Gasteiger partial charge in [-0.3, -0.25) is 0 Å². The van der Waals surface area contributed by atoms with E-state index in [0.717, 1.165) is 22.8 Å². The van der Waals surface area contributed by atoms with Crippen LogP contribution in [0, 0.1) is 6.92 Å². The maximum absolute atomic E-state index is 10.8. The van der Waals surface area contributed by atoms with Crippen molar-refractivity contribution in [3.63, 3.8) is 0 Å². The van der Waals surface area contributed by atoms with Gasteiger partial charge in [-0.2, -0.15) is 0 Å². The fraction of sp³-hybridized carbons (Fsp3) is 0.462. The quantitative estimate of drug-likeness (QED) is 0.851. The van der Waals surface area contributed by atoms with Crippen LogP contribution in [0.4, 0.5) is 0 Å². The summed E-state index contributed by atoms with van der Waals surface area (Å²) in [6, 6.07) is 8.05. The van der Waals surface area contributed by atoms with Gasteiger partial charge in [0.1, 0.15) is 4.32 Å². The molecule has 1 aromatic rings. The van der Waals surface area contributed by atoms with Crippen molar-refractivity contribution in [2.45, 2.75) is 26.0 Å². The first-order valence-corrected chi connectivity index (χ1v) is 7.21. The van der Waals surface area contributed by atoms with E-state index < -0.39 is 5.72 Å². The normalized spacial score (nSPS) is 24.4. The van der Waals surface area contributed by atoms with E-state index in [1.807, 2.05) is 36.1 Å². The van der Waals surface area contributed by atoms with Crippen LogP contribution in [0.15, 0.2) is 24.3 Å². The van der Waals surface area contributed by atoms with Gasteiger partial charge in [-0.1, -0.05) is 60.7 Å². The van der Waals surface area contributed by atoms with Crippen LogP contribution < -0.4 is 0 Å². The lowest BCUT2D eigenvalue weighted by atomic mass is 10.0. The minimum absolute atomic E-state index is 0.620. The molecule has 0 aromatic heterocycles. The molecule has 17 heavy (non-hydrogen) atoms. The summed E-state index contributed by atoms with van der Waals surface area (Å²) in [5.41, 5.74) is 1.21. The van der Waals surface area contributed by atoms with Gasteiger partial charge in [-0.25, -0.2) is 0 Å². The Morgan fingerprint density at radius 3 is 2.65 bits per heavy atom. The Bertz CT molecular complexity index is 418. The van der Waals surface area contributed by atoms with E-state index in [1.165, 1.54) is 5.56 Å². The number of thioether (sulfide) groups is 1. The van der Waals surface area contributed by atoms with Crippen LogP contribution in [0.5, 0.6) is 0 Å². The molecule has 0 spiro atoms. The second-order valence-corrected chi connectivity index (χ2v) is 6.00. The molecule has 1 aliphatic rings. The molecule has 0 radical (unpaired) electrons. The molecule has 0 bridgehead atoms. The molecule has 1 N–H and O–H groups in total. The maximum atomic E-state index is 10.8. The molecule has 0 aliphatic carbocycles. The van der Waals surface area contributed by atoms with Crippen molar-refractivity contribution in [1.29, 1.82) is 0 Å². The van der Waals surface area contributed by atoms with Gasteiger partial charge in [0.25, 0.3) is 0 Å². The van der Waals surface area contributed by atoms with Crippen molar-refractivity contribution in [3.05, 3.63) is 35.4 Å². The number of hydrogen-bond donors (Lipinski definition) is 1. The average Bonchev–Trinajstić information content (AvgIpc) is 2.60. The number of nitrogens with zero attached hydrogens (tertiary/aromatic N) is 1. The van der Waals surface area contributed by atoms with E-state index in [9.17, 15) is 5.11 Å². The summed E-state index contributed by atoms with van der Waals surface area (Å²) in [5.74, 6) is 0.620. The summed E-state index contributed by atoms with van der Waals surface area (Å²) in [6.45, 7) is 4.95. The van der Waals surface area contributed by atoms with Gasteiger partial charge < -0.3 is 10.0 Å². The van der Waals surface area contributed by atoms with Crippen molar-refractivity contribution in [3.8, 4) is 0 Å². The monoisotopic (exact) mass is 267 g/mol. The van der Waals surface area contributed by atoms with Gasteiger partial charge in [-0.05, 0) is 13.3 Å². The molecular formula is C13H17NOS2. The number of rotatable bonds is 3. The van der Waals surface area contributed by atoms with Gasteiger partial charge in [-0.15, -0.1) is 0 Å². The highest BCUT2D eigenvalue weighted by Gasteiger charge is 2.43. The first-order chi connectivity index (χ1) is 8.08. The highest BCUT2D eigenvalue weighted by molar-refractivity contribution is 8.23. The molecular weight excluding hydrogens is 250 g/mol. The van der Waals surface area contributed by atoms with Gasteiger partial charge in [0.15, 0.2) is 5.72 Å². The lowest BCUT2D eigenvalue weighted by molar-refractivity contribution is -0.0464. The Labute approximate surface area is 112 Å². The molecule has 1 atom stereocenters. The van der Waals surface area contributed by atoms with Crippen LogP contribution in [0.25, 0.3) is 0 Å². The minimum atomic E-state index is -0.925. The minimum Gasteiger partial charge on any atom is -0.366 e. The van der Waals surface area contributed by atoms with Gasteiger partial charge >= 0.3 is 0 Å².